The molecule has 2 aromatic carbocycles. The fourth-order valence-corrected chi connectivity index (χ4v) is 1.61. The molecular weight excluding hydrogens is 206 g/mol. The Morgan fingerprint density at radius 2 is 2.13 bits per heavy atom. The van der Waals surface area contributed by atoms with Gasteiger partial charge in [0.05, 0.1) is 18.0 Å². The predicted molar refractivity (Wildman–Crippen MR) is 65.2 cm³/mol. The van der Waals surface area contributed by atoms with Gasteiger partial charge in [-0.3, -0.25) is 0 Å². The third kappa shape index (κ3) is 1.89. The molecule has 0 N–H and O–H groups in total. The van der Waals surface area contributed by atoms with Crippen LogP contribution in [0.25, 0.3) is 10.8 Å². The molecule has 0 bridgehead atoms. The first-order valence-electron chi connectivity index (χ1n) is 4.50. The summed E-state index contributed by atoms with van der Waals surface area (Å²) in [6.07, 6.45) is 0. The van der Waals surface area contributed by atoms with Gasteiger partial charge in [0.15, 0.2) is 0 Å². The highest BCUT2D eigenvalue weighted by Gasteiger charge is 2.00. The number of fused-ring (bicyclic) bond motifs is 1. The van der Waals surface area contributed by atoms with Gasteiger partial charge in [0, 0.05) is 5.39 Å². The summed E-state index contributed by atoms with van der Waals surface area (Å²) in [4.78, 5) is 4.02. The van der Waals surface area contributed by atoms with Gasteiger partial charge in [-0.05, 0) is 35.8 Å². The van der Waals surface area contributed by atoms with Gasteiger partial charge in [-0.15, -0.1) is 0 Å². The number of nitrogens with zero attached hydrogens (tertiary/aromatic N) is 1. The first-order chi connectivity index (χ1) is 7.35. The molecule has 2 aromatic rings. The molecule has 0 saturated heterocycles. The van der Waals surface area contributed by atoms with E-state index in [0.717, 1.165) is 22.2 Å². The fourth-order valence-electron chi connectivity index (χ4n) is 1.51. The lowest BCUT2D eigenvalue weighted by Crippen LogP contribution is -1.82. The number of benzene rings is 2. The van der Waals surface area contributed by atoms with Crippen molar-refractivity contribution in [3.63, 3.8) is 0 Å². The standard InChI is InChI=1S/C12H9NOS/c1-14-10-6-5-9-3-2-4-12(13-8-15)11(9)7-10/h2-7H,1H3. The second-order valence-corrected chi connectivity index (χ2v) is 3.25. The average molecular weight is 215 g/mol. The molecule has 0 aliphatic heterocycles. The third-order valence-corrected chi connectivity index (χ3v) is 2.32. The minimum absolute atomic E-state index is 0.814. The van der Waals surface area contributed by atoms with Crippen LogP contribution in [0, 0.1) is 0 Å². The fraction of sp³-hybridized carbons (Fsp3) is 0.0833. The largest absolute Gasteiger partial charge is 0.497 e. The molecule has 0 radical (unpaired) electrons. The van der Waals surface area contributed by atoms with Crippen LogP contribution in [0.15, 0.2) is 41.4 Å². The molecule has 0 unspecified atom stereocenters. The average Bonchev–Trinajstić information content (AvgIpc) is 2.29. The zero-order valence-electron chi connectivity index (χ0n) is 8.23. The van der Waals surface area contributed by atoms with Crippen molar-refractivity contribution < 1.29 is 4.74 Å². The van der Waals surface area contributed by atoms with Crippen molar-refractivity contribution in [2.75, 3.05) is 7.11 Å². The van der Waals surface area contributed by atoms with E-state index in [1.165, 1.54) is 0 Å². The van der Waals surface area contributed by atoms with Gasteiger partial charge in [0.2, 0.25) is 0 Å². The van der Waals surface area contributed by atoms with Crippen molar-refractivity contribution in [1.29, 1.82) is 0 Å². The number of hydrogen-bond donors (Lipinski definition) is 0. The molecular formula is C12H9NOS. The van der Waals surface area contributed by atoms with Crippen LogP contribution in [0.4, 0.5) is 5.69 Å². The van der Waals surface area contributed by atoms with Crippen LogP contribution in [0.3, 0.4) is 0 Å². The van der Waals surface area contributed by atoms with Crippen LogP contribution in [0.2, 0.25) is 0 Å². The Morgan fingerprint density at radius 1 is 1.27 bits per heavy atom. The molecule has 0 aromatic heterocycles. The zero-order valence-corrected chi connectivity index (χ0v) is 9.04. The van der Waals surface area contributed by atoms with Gasteiger partial charge in [-0.1, -0.05) is 18.2 Å². The van der Waals surface area contributed by atoms with E-state index in [0.29, 0.717) is 0 Å². The van der Waals surface area contributed by atoms with Gasteiger partial charge in [-0.25, -0.2) is 0 Å². The van der Waals surface area contributed by atoms with Crippen LogP contribution >= 0.6 is 12.2 Å². The lowest BCUT2D eigenvalue weighted by Gasteiger charge is -2.03. The van der Waals surface area contributed by atoms with Crippen molar-refractivity contribution in [3.05, 3.63) is 36.4 Å². The Balaban J connectivity index is 2.75. The van der Waals surface area contributed by atoms with E-state index < -0.39 is 0 Å². The Labute approximate surface area is 93.2 Å². The number of aliphatic imine (C=N–C) groups is 1. The highest BCUT2D eigenvalue weighted by molar-refractivity contribution is 7.78. The van der Waals surface area contributed by atoms with Gasteiger partial charge in [0.25, 0.3) is 0 Å². The summed E-state index contributed by atoms with van der Waals surface area (Å²) in [6, 6.07) is 11.7. The maximum absolute atomic E-state index is 5.17. The molecule has 0 saturated carbocycles. The van der Waals surface area contributed by atoms with E-state index in [1.807, 2.05) is 36.4 Å². The second-order valence-electron chi connectivity index (χ2n) is 3.07. The van der Waals surface area contributed by atoms with E-state index in [2.05, 4.69) is 22.4 Å². The Morgan fingerprint density at radius 3 is 2.87 bits per heavy atom. The summed E-state index contributed by atoms with van der Waals surface area (Å²) in [5.41, 5.74) is 0.821. The van der Waals surface area contributed by atoms with E-state index >= 15 is 0 Å². The maximum Gasteiger partial charge on any atom is 0.119 e. The van der Waals surface area contributed by atoms with Crippen molar-refractivity contribution in [1.82, 2.24) is 0 Å². The van der Waals surface area contributed by atoms with Crippen LogP contribution in [0.5, 0.6) is 5.75 Å². The molecule has 0 fully saturated rings. The molecule has 15 heavy (non-hydrogen) atoms. The number of ether oxygens (including phenoxy) is 1. The van der Waals surface area contributed by atoms with Crippen LogP contribution in [-0.4, -0.2) is 12.3 Å². The summed E-state index contributed by atoms with van der Waals surface area (Å²) in [7, 11) is 1.65. The van der Waals surface area contributed by atoms with Crippen molar-refractivity contribution in [3.8, 4) is 5.75 Å². The normalized spacial score (nSPS) is 9.67. The monoisotopic (exact) mass is 215 g/mol. The van der Waals surface area contributed by atoms with Crippen molar-refractivity contribution in [2.24, 2.45) is 4.99 Å². The molecule has 0 spiro atoms. The summed E-state index contributed by atoms with van der Waals surface area (Å²) in [5.74, 6) is 0.814. The summed E-state index contributed by atoms with van der Waals surface area (Å²) >= 11 is 4.61. The van der Waals surface area contributed by atoms with Crippen molar-refractivity contribution >= 4 is 33.8 Å². The summed E-state index contributed by atoms with van der Waals surface area (Å²) in [6.45, 7) is 0. The molecule has 0 aliphatic rings. The summed E-state index contributed by atoms with van der Waals surface area (Å²) < 4.78 is 5.17. The minimum atomic E-state index is 0.814. The van der Waals surface area contributed by atoms with E-state index in [4.69, 9.17) is 4.74 Å². The van der Waals surface area contributed by atoms with Gasteiger partial charge in [0.1, 0.15) is 5.75 Å². The van der Waals surface area contributed by atoms with Crippen LogP contribution in [-0.2, 0) is 0 Å². The first-order valence-corrected chi connectivity index (χ1v) is 4.90. The second kappa shape index (κ2) is 4.22. The van der Waals surface area contributed by atoms with Gasteiger partial charge >= 0.3 is 0 Å². The van der Waals surface area contributed by atoms with E-state index in [9.17, 15) is 0 Å². The van der Waals surface area contributed by atoms with Crippen molar-refractivity contribution in [2.45, 2.75) is 0 Å². The van der Waals surface area contributed by atoms with E-state index in [1.54, 1.807) is 7.11 Å². The summed E-state index contributed by atoms with van der Waals surface area (Å²) in [5, 5.41) is 4.52. The number of thiocarbonyl (C=S) groups is 1. The molecule has 2 rings (SSSR count). The van der Waals surface area contributed by atoms with Crippen LogP contribution < -0.4 is 4.74 Å². The van der Waals surface area contributed by atoms with Gasteiger partial charge < -0.3 is 4.74 Å². The minimum Gasteiger partial charge on any atom is -0.497 e. The Hall–Kier alpha value is -1.70. The third-order valence-electron chi connectivity index (χ3n) is 2.23. The Bertz CT molecular complexity index is 544. The quantitative estimate of drug-likeness (QED) is 0.564. The number of rotatable bonds is 2. The number of hydrogen-bond acceptors (Lipinski definition) is 3. The molecule has 0 aliphatic carbocycles. The molecule has 3 heteroatoms. The molecule has 74 valence electrons. The maximum atomic E-state index is 5.17. The lowest BCUT2D eigenvalue weighted by atomic mass is 10.1. The molecule has 0 amide bonds. The number of methoxy groups -OCH3 is 1. The van der Waals surface area contributed by atoms with E-state index in [-0.39, 0.29) is 0 Å². The molecule has 2 nitrogen and oxygen atoms in total. The zero-order chi connectivity index (χ0) is 10.7. The first kappa shape index (κ1) is 9.84. The Kier molecular flexibility index (Phi) is 2.77. The topological polar surface area (TPSA) is 21.6 Å². The smallest absolute Gasteiger partial charge is 0.119 e. The molecule has 0 heterocycles. The highest BCUT2D eigenvalue weighted by atomic mass is 32.1. The lowest BCUT2D eigenvalue weighted by molar-refractivity contribution is 0.415. The van der Waals surface area contributed by atoms with Gasteiger partial charge in [-0.2, -0.15) is 4.99 Å². The number of isothiocyanates is 1. The molecule has 0 atom stereocenters. The highest BCUT2D eigenvalue weighted by Crippen LogP contribution is 2.28. The van der Waals surface area contributed by atoms with Crippen LogP contribution in [0.1, 0.15) is 0 Å². The SMILES string of the molecule is COc1ccc2cccc(N=C=S)c2c1. The predicted octanol–water partition coefficient (Wildman–Crippen LogP) is 3.58.